The fraction of sp³-hybridized carbons (Fsp3) is 0.600. The van der Waals surface area contributed by atoms with Gasteiger partial charge in [0.25, 0.3) is 0 Å². The average Bonchev–Trinajstić information content (AvgIpc) is 3.30. The van der Waals surface area contributed by atoms with Crippen LogP contribution in [0, 0.1) is 5.92 Å². The van der Waals surface area contributed by atoms with Crippen molar-refractivity contribution in [3.63, 3.8) is 0 Å². The number of anilines is 1. The van der Waals surface area contributed by atoms with Gasteiger partial charge in [0.15, 0.2) is 5.13 Å². The van der Waals surface area contributed by atoms with E-state index in [1.54, 1.807) is 7.11 Å². The SMILES string of the molecule is COC1CCC(C(=O)Nc2nc3ccc(B4OC(C)(C)C(C)(C)O4)cc3s2)C1. The monoisotopic (exact) mass is 402 g/mol. The number of aromatic nitrogens is 1. The number of hydrogen-bond acceptors (Lipinski definition) is 6. The highest BCUT2D eigenvalue weighted by Crippen LogP contribution is 2.37. The van der Waals surface area contributed by atoms with Crippen LogP contribution in [0.3, 0.4) is 0 Å². The minimum atomic E-state index is -0.404. The number of nitrogens with zero attached hydrogens (tertiary/aromatic N) is 1. The Bertz CT molecular complexity index is 881. The summed E-state index contributed by atoms with van der Waals surface area (Å²) < 4.78 is 18.6. The van der Waals surface area contributed by atoms with Gasteiger partial charge in [-0.05, 0) is 64.6 Å². The van der Waals surface area contributed by atoms with E-state index in [-0.39, 0.29) is 29.1 Å². The first-order valence-electron chi connectivity index (χ1n) is 9.78. The fourth-order valence-electron chi connectivity index (χ4n) is 3.72. The van der Waals surface area contributed by atoms with Crippen molar-refractivity contribution in [1.82, 2.24) is 4.98 Å². The molecule has 1 amide bonds. The van der Waals surface area contributed by atoms with Crippen molar-refractivity contribution in [1.29, 1.82) is 0 Å². The van der Waals surface area contributed by atoms with Crippen LogP contribution in [-0.2, 0) is 18.8 Å². The molecule has 1 N–H and O–H groups in total. The van der Waals surface area contributed by atoms with E-state index in [0.29, 0.717) is 5.13 Å². The van der Waals surface area contributed by atoms with Gasteiger partial charge in [-0.15, -0.1) is 0 Å². The Balaban J connectivity index is 1.49. The molecule has 1 aliphatic carbocycles. The standard InChI is InChI=1S/C20H27BN2O4S/c1-19(2)20(3,4)27-21(26-19)13-7-9-15-16(11-13)28-18(22-15)23-17(24)12-6-8-14(10-12)25-5/h7,9,11-12,14H,6,8,10H2,1-5H3,(H,22,23,24). The zero-order valence-electron chi connectivity index (χ0n) is 17.1. The molecule has 4 rings (SSSR count). The van der Waals surface area contributed by atoms with Gasteiger partial charge in [-0.1, -0.05) is 17.4 Å². The van der Waals surface area contributed by atoms with E-state index in [9.17, 15) is 4.79 Å². The summed E-state index contributed by atoms with van der Waals surface area (Å²) in [4.78, 5) is 17.1. The molecule has 150 valence electrons. The maximum Gasteiger partial charge on any atom is 0.494 e. The Morgan fingerprint density at radius 2 is 1.96 bits per heavy atom. The molecule has 1 aromatic heterocycles. The summed E-state index contributed by atoms with van der Waals surface area (Å²) in [5, 5.41) is 3.61. The van der Waals surface area contributed by atoms with Gasteiger partial charge in [0.1, 0.15) is 0 Å². The first kappa shape index (κ1) is 19.8. The molecule has 1 saturated carbocycles. The van der Waals surface area contributed by atoms with Crippen molar-refractivity contribution in [2.75, 3.05) is 12.4 Å². The molecule has 28 heavy (non-hydrogen) atoms. The third-order valence-electron chi connectivity index (χ3n) is 6.26. The number of nitrogens with one attached hydrogen (secondary N) is 1. The Labute approximate surface area is 170 Å². The molecule has 8 heteroatoms. The van der Waals surface area contributed by atoms with Gasteiger partial charge < -0.3 is 19.4 Å². The molecule has 2 heterocycles. The summed E-state index contributed by atoms with van der Waals surface area (Å²) in [5.74, 6) is 0.0297. The molecule has 0 radical (unpaired) electrons. The predicted octanol–water partition coefficient (Wildman–Crippen LogP) is 3.35. The molecule has 1 saturated heterocycles. The van der Waals surface area contributed by atoms with E-state index in [4.69, 9.17) is 14.0 Å². The first-order valence-corrected chi connectivity index (χ1v) is 10.6. The Morgan fingerprint density at radius 3 is 2.61 bits per heavy atom. The zero-order valence-corrected chi connectivity index (χ0v) is 17.9. The molecule has 2 unspecified atom stereocenters. The van der Waals surface area contributed by atoms with Crippen molar-refractivity contribution < 1.29 is 18.8 Å². The van der Waals surface area contributed by atoms with Gasteiger partial charge in [-0.25, -0.2) is 4.98 Å². The Morgan fingerprint density at radius 1 is 1.25 bits per heavy atom. The molecular weight excluding hydrogens is 375 g/mol. The van der Waals surface area contributed by atoms with Crippen LogP contribution < -0.4 is 10.8 Å². The average molecular weight is 402 g/mol. The van der Waals surface area contributed by atoms with Gasteiger partial charge in [-0.2, -0.15) is 0 Å². The number of methoxy groups -OCH3 is 1. The van der Waals surface area contributed by atoms with E-state index >= 15 is 0 Å². The lowest BCUT2D eigenvalue weighted by atomic mass is 9.79. The molecule has 0 spiro atoms. The van der Waals surface area contributed by atoms with Crippen LogP contribution in [0.15, 0.2) is 18.2 Å². The smallest absolute Gasteiger partial charge is 0.399 e. The van der Waals surface area contributed by atoms with Gasteiger partial charge in [-0.3, -0.25) is 4.79 Å². The van der Waals surface area contributed by atoms with Crippen LogP contribution in [0.1, 0.15) is 47.0 Å². The number of ether oxygens (including phenoxy) is 1. The van der Waals surface area contributed by atoms with E-state index in [0.717, 1.165) is 34.9 Å². The molecule has 1 aliphatic heterocycles. The van der Waals surface area contributed by atoms with Crippen molar-refractivity contribution in [3.05, 3.63) is 18.2 Å². The van der Waals surface area contributed by atoms with E-state index < -0.39 is 7.12 Å². The largest absolute Gasteiger partial charge is 0.494 e. The number of benzene rings is 1. The van der Waals surface area contributed by atoms with Crippen LogP contribution in [0.2, 0.25) is 0 Å². The number of hydrogen-bond donors (Lipinski definition) is 1. The zero-order chi connectivity index (χ0) is 20.1. The molecular formula is C20H27BN2O4S. The highest BCUT2D eigenvalue weighted by atomic mass is 32.1. The predicted molar refractivity (Wildman–Crippen MR) is 112 cm³/mol. The van der Waals surface area contributed by atoms with Crippen molar-refractivity contribution in [2.24, 2.45) is 5.92 Å². The molecule has 2 atom stereocenters. The highest BCUT2D eigenvalue weighted by Gasteiger charge is 2.51. The quantitative estimate of drug-likeness (QED) is 0.795. The minimum Gasteiger partial charge on any atom is -0.399 e. The molecule has 2 aliphatic rings. The second-order valence-corrected chi connectivity index (χ2v) is 9.72. The fourth-order valence-corrected chi connectivity index (χ4v) is 4.64. The normalized spacial score (nSPS) is 26.1. The minimum absolute atomic E-state index is 0.00252. The van der Waals surface area contributed by atoms with Gasteiger partial charge in [0.2, 0.25) is 5.91 Å². The molecule has 2 fully saturated rings. The topological polar surface area (TPSA) is 69.7 Å². The first-order chi connectivity index (χ1) is 13.2. The second-order valence-electron chi connectivity index (χ2n) is 8.69. The van der Waals surface area contributed by atoms with Gasteiger partial charge >= 0.3 is 7.12 Å². The van der Waals surface area contributed by atoms with E-state index in [1.807, 2.05) is 45.9 Å². The summed E-state index contributed by atoms with van der Waals surface area (Å²) in [6.45, 7) is 8.18. The van der Waals surface area contributed by atoms with Crippen molar-refractivity contribution in [2.45, 2.75) is 64.3 Å². The molecule has 2 aromatic rings. The van der Waals surface area contributed by atoms with Gasteiger partial charge in [0.05, 0.1) is 27.5 Å². The molecule has 0 bridgehead atoms. The summed E-state index contributed by atoms with van der Waals surface area (Å²) in [5.41, 5.74) is 1.08. The van der Waals surface area contributed by atoms with Gasteiger partial charge in [0, 0.05) is 13.0 Å². The number of carbonyl (C=O) groups excluding carboxylic acids is 1. The Kier molecular flexibility index (Phi) is 5.02. The number of thiazole rings is 1. The molecule has 1 aromatic carbocycles. The lowest BCUT2D eigenvalue weighted by Crippen LogP contribution is -2.41. The Hall–Kier alpha value is -1.48. The summed E-state index contributed by atoms with van der Waals surface area (Å²) in [6.07, 6.45) is 2.76. The molecule has 6 nitrogen and oxygen atoms in total. The third kappa shape index (κ3) is 3.59. The third-order valence-corrected chi connectivity index (χ3v) is 7.19. The highest BCUT2D eigenvalue weighted by molar-refractivity contribution is 7.22. The number of fused-ring (bicyclic) bond motifs is 1. The maximum absolute atomic E-state index is 12.5. The van der Waals surface area contributed by atoms with Crippen LogP contribution in [0.5, 0.6) is 0 Å². The number of amides is 1. The van der Waals surface area contributed by atoms with E-state index in [2.05, 4.69) is 10.3 Å². The number of carbonyl (C=O) groups is 1. The van der Waals surface area contributed by atoms with Crippen LogP contribution >= 0.6 is 11.3 Å². The van der Waals surface area contributed by atoms with E-state index in [1.165, 1.54) is 11.3 Å². The van der Waals surface area contributed by atoms with Crippen LogP contribution in [0.4, 0.5) is 5.13 Å². The van der Waals surface area contributed by atoms with Crippen molar-refractivity contribution in [3.8, 4) is 0 Å². The second kappa shape index (κ2) is 7.09. The summed E-state index contributed by atoms with van der Waals surface area (Å²) >= 11 is 1.48. The lowest BCUT2D eigenvalue weighted by molar-refractivity contribution is -0.119. The van der Waals surface area contributed by atoms with Crippen LogP contribution in [0.25, 0.3) is 10.2 Å². The van der Waals surface area contributed by atoms with Crippen molar-refractivity contribution >= 4 is 45.2 Å². The maximum atomic E-state index is 12.5. The summed E-state index contributed by atoms with van der Waals surface area (Å²) in [6, 6.07) is 5.98. The lowest BCUT2D eigenvalue weighted by Gasteiger charge is -2.32. The van der Waals surface area contributed by atoms with Crippen LogP contribution in [-0.4, -0.2) is 42.4 Å². The summed E-state index contributed by atoms with van der Waals surface area (Å²) in [7, 11) is 1.30. The number of rotatable bonds is 4.